The third-order valence-electron chi connectivity index (χ3n) is 5.24. The van der Waals surface area contributed by atoms with E-state index in [4.69, 9.17) is 9.47 Å². The molecule has 0 radical (unpaired) electrons. The van der Waals surface area contributed by atoms with E-state index in [1.54, 1.807) is 51.5 Å². The Balaban J connectivity index is 1.53. The van der Waals surface area contributed by atoms with Gasteiger partial charge < -0.3 is 9.47 Å². The first-order chi connectivity index (χ1) is 17.0. The number of nitrogens with zero attached hydrogens (tertiary/aromatic N) is 3. The summed E-state index contributed by atoms with van der Waals surface area (Å²) in [5.74, 6) is 0.886. The maximum Gasteiger partial charge on any atom is 0.266 e. The van der Waals surface area contributed by atoms with Crippen LogP contribution >= 0.6 is 11.8 Å². The van der Waals surface area contributed by atoms with Crippen LogP contribution in [0, 0.1) is 0 Å². The van der Waals surface area contributed by atoms with Crippen LogP contribution in [0.1, 0.15) is 12.5 Å². The Bertz CT molecular complexity index is 1450. The number of rotatable bonds is 8. The predicted molar refractivity (Wildman–Crippen MR) is 138 cm³/mol. The fourth-order valence-corrected chi connectivity index (χ4v) is 4.25. The molecule has 178 valence electrons. The first-order valence-corrected chi connectivity index (χ1v) is 11.8. The van der Waals surface area contributed by atoms with Crippen LogP contribution in [0.4, 0.5) is 0 Å². The van der Waals surface area contributed by atoms with Crippen molar-refractivity contribution in [1.82, 2.24) is 15.0 Å². The molecule has 0 fully saturated rings. The number of carbonyl (C=O) groups is 1. The summed E-state index contributed by atoms with van der Waals surface area (Å²) in [5, 5.41) is 5.14. The van der Waals surface area contributed by atoms with Gasteiger partial charge in [0.15, 0.2) is 16.7 Å². The second kappa shape index (κ2) is 10.9. The molecule has 1 aromatic heterocycles. The van der Waals surface area contributed by atoms with Gasteiger partial charge >= 0.3 is 0 Å². The second-order valence-electron chi connectivity index (χ2n) is 7.48. The lowest BCUT2D eigenvalue weighted by Gasteiger charge is -2.13. The van der Waals surface area contributed by atoms with E-state index in [2.05, 4.69) is 15.5 Å². The number of nitrogens with one attached hydrogen (secondary N) is 1. The Morgan fingerprint density at radius 2 is 1.71 bits per heavy atom. The van der Waals surface area contributed by atoms with Crippen molar-refractivity contribution in [2.75, 3.05) is 20.0 Å². The van der Waals surface area contributed by atoms with E-state index in [9.17, 15) is 9.59 Å². The van der Waals surface area contributed by atoms with Gasteiger partial charge in [-0.2, -0.15) is 5.10 Å². The van der Waals surface area contributed by atoms with Gasteiger partial charge in [-0.25, -0.2) is 10.4 Å². The van der Waals surface area contributed by atoms with Crippen molar-refractivity contribution in [2.45, 2.75) is 12.1 Å². The normalized spacial score (nSPS) is 11.3. The van der Waals surface area contributed by atoms with Crippen molar-refractivity contribution in [1.29, 1.82) is 0 Å². The number of ether oxygens (including phenoxy) is 2. The molecule has 0 saturated carbocycles. The number of amides is 1. The van der Waals surface area contributed by atoms with Crippen molar-refractivity contribution in [3.05, 3.63) is 88.7 Å². The molecule has 0 unspecified atom stereocenters. The Morgan fingerprint density at radius 1 is 1.00 bits per heavy atom. The minimum atomic E-state index is -0.322. The highest BCUT2D eigenvalue weighted by atomic mass is 32.2. The molecular weight excluding hydrogens is 464 g/mol. The molecule has 0 atom stereocenters. The van der Waals surface area contributed by atoms with Crippen molar-refractivity contribution in [2.24, 2.45) is 5.10 Å². The van der Waals surface area contributed by atoms with E-state index in [-0.39, 0.29) is 17.2 Å². The van der Waals surface area contributed by atoms with Crippen LogP contribution in [0.5, 0.6) is 11.5 Å². The zero-order chi connectivity index (χ0) is 24.8. The van der Waals surface area contributed by atoms with Crippen LogP contribution in [0.3, 0.4) is 0 Å². The highest BCUT2D eigenvalue weighted by Gasteiger charge is 2.15. The molecule has 35 heavy (non-hydrogen) atoms. The van der Waals surface area contributed by atoms with Gasteiger partial charge in [-0.15, -0.1) is 0 Å². The zero-order valence-corrected chi connectivity index (χ0v) is 20.3. The molecule has 0 saturated heterocycles. The molecule has 0 aliphatic rings. The topological polar surface area (TPSA) is 94.8 Å². The molecule has 4 rings (SSSR count). The van der Waals surface area contributed by atoms with Crippen LogP contribution in [0.2, 0.25) is 0 Å². The highest BCUT2D eigenvalue weighted by Crippen LogP contribution is 2.27. The fourth-order valence-electron chi connectivity index (χ4n) is 3.45. The summed E-state index contributed by atoms with van der Waals surface area (Å²) in [6.45, 7) is 1.78. The van der Waals surface area contributed by atoms with Crippen LogP contribution in [-0.4, -0.2) is 41.1 Å². The lowest BCUT2D eigenvalue weighted by Crippen LogP contribution is -2.24. The van der Waals surface area contributed by atoms with Crippen molar-refractivity contribution in [3.8, 4) is 17.2 Å². The highest BCUT2D eigenvalue weighted by molar-refractivity contribution is 7.99. The van der Waals surface area contributed by atoms with Crippen LogP contribution in [0.25, 0.3) is 16.6 Å². The lowest BCUT2D eigenvalue weighted by molar-refractivity contribution is -0.118. The summed E-state index contributed by atoms with van der Waals surface area (Å²) >= 11 is 1.17. The molecule has 4 aromatic rings. The minimum absolute atomic E-state index is 0.0281. The van der Waals surface area contributed by atoms with E-state index in [0.29, 0.717) is 39.0 Å². The number of methoxy groups -OCH3 is 2. The number of aromatic nitrogens is 2. The third kappa shape index (κ3) is 5.36. The summed E-state index contributed by atoms with van der Waals surface area (Å²) < 4.78 is 12.1. The van der Waals surface area contributed by atoms with Gasteiger partial charge in [0.05, 0.1) is 42.3 Å². The molecule has 8 nitrogen and oxygen atoms in total. The number of thioether (sulfide) groups is 1. The summed E-state index contributed by atoms with van der Waals surface area (Å²) in [6.07, 6.45) is 0. The molecule has 0 aliphatic heterocycles. The Kier molecular flexibility index (Phi) is 7.47. The molecule has 0 spiro atoms. The van der Waals surface area contributed by atoms with Crippen LogP contribution in [0.15, 0.2) is 87.8 Å². The van der Waals surface area contributed by atoms with Gasteiger partial charge in [-0.1, -0.05) is 42.1 Å². The van der Waals surface area contributed by atoms with E-state index in [1.165, 1.54) is 16.3 Å². The van der Waals surface area contributed by atoms with Gasteiger partial charge in [0, 0.05) is 5.56 Å². The number of para-hydroxylation sites is 2. The number of benzene rings is 3. The molecule has 1 N–H and O–H groups in total. The Labute approximate surface area is 206 Å². The molecule has 1 amide bonds. The van der Waals surface area contributed by atoms with Gasteiger partial charge in [0.2, 0.25) is 0 Å². The number of hydrogen-bond donors (Lipinski definition) is 1. The van der Waals surface area contributed by atoms with Gasteiger partial charge in [0.1, 0.15) is 0 Å². The Hall–Kier alpha value is -4.11. The molecule has 3 aromatic carbocycles. The maximum absolute atomic E-state index is 13.2. The van der Waals surface area contributed by atoms with E-state index in [0.717, 1.165) is 5.56 Å². The molecular formula is C26H24N4O4S. The molecule has 9 heteroatoms. The van der Waals surface area contributed by atoms with Gasteiger partial charge in [-0.3, -0.25) is 14.2 Å². The SMILES string of the molecule is COc1ccc(C(C)=NNC(=O)CSc2nc3ccccc3c(=O)n2-c2ccccc2)cc1OC. The summed E-state index contributed by atoms with van der Waals surface area (Å²) in [5.41, 5.74) is 5.03. The van der Waals surface area contributed by atoms with Crippen molar-refractivity contribution in [3.63, 3.8) is 0 Å². The zero-order valence-electron chi connectivity index (χ0n) is 19.5. The van der Waals surface area contributed by atoms with Crippen molar-refractivity contribution < 1.29 is 14.3 Å². The fraction of sp³-hybridized carbons (Fsp3) is 0.154. The number of fused-ring (bicyclic) bond motifs is 1. The third-order valence-corrected chi connectivity index (χ3v) is 6.18. The summed E-state index contributed by atoms with van der Waals surface area (Å²) in [6, 6.07) is 21.8. The lowest BCUT2D eigenvalue weighted by atomic mass is 10.1. The first-order valence-electron chi connectivity index (χ1n) is 10.8. The average molecular weight is 489 g/mol. The van der Waals surface area contributed by atoms with Gasteiger partial charge in [0.25, 0.3) is 11.5 Å². The number of hydrazone groups is 1. The number of carbonyl (C=O) groups excluding carboxylic acids is 1. The van der Waals surface area contributed by atoms with E-state index >= 15 is 0 Å². The smallest absolute Gasteiger partial charge is 0.266 e. The van der Waals surface area contributed by atoms with Crippen LogP contribution in [-0.2, 0) is 4.79 Å². The van der Waals surface area contributed by atoms with Crippen LogP contribution < -0.4 is 20.5 Å². The van der Waals surface area contributed by atoms with E-state index in [1.807, 2.05) is 42.5 Å². The predicted octanol–water partition coefficient (Wildman–Crippen LogP) is 4.04. The summed E-state index contributed by atoms with van der Waals surface area (Å²) in [4.78, 5) is 30.5. The second-order valence-corrected chi connectivity index (χ2v) is 8.42. The minimum Gasteiger partial charge on any atom is -0.493 e. The monoisotopic (exact) mass is 488 g/mol. The Morgan fingerprint density at radius 3 is 2.46 bits per heavy atom. The molecule has 0 aliphatic carbocycles. The largest absolute Gasteiger partial charge is 0.493 e. The first kappa shape index (κ1) is 24.0. The van der Waals surface area contributed by atoms with Crippen molar-refractivity contribution >= 4 is 34.3 Å². The average Bonchev–Trinajstić information content (AvgIpc) is 2.90. The quantitative estimate of drug-likeness (QED) is 0.174. The number of hydrogen-bond acceptors (Lipinski definition) is 7. The standard InChI is InChI=1S/C26H24N4O4S/c1-17(18-13-14-22(33-2)23(15-18)34-3)28-29-24(31)16-35-26-27-21-12-8-7-11-20(21)25(32)30(26)19-9-5-4-6-10-19/h4-15H,16H2,1-3H3,(H,29,31). The molecule has 1 heterocycles. The van der Waals surface area contributed by atoms with E-state index < -0.39 is 0 Å². The summed E-state index contributed by atoms with van der Waals surface area (Å²) in [7, 11) is 3.13. The maximum atomic E-state index is 13.2. The van der Waals surface area contributed by atoms with Gasteiger partial charge in [-0.05, 0) is 49.4 Å². The molecule has 0 bridgehead atoms.